The fourth-order valence-electron chi connectivity index (χ4n) is 1.11. The first-order valence-electron chi connectivity index (χ1n) is 3.50. The number of carboxylic acids is 1. The molecule has 0 saturated carbocycles. The van der Waals surface area contributed by atoms with Crippen LogP contribution in [0.15, 0.2) is 11.6 Å². The van der Waals surface area contributed by atoms with Gasteiger partial charge >= 0.3 is 5.97 Å². The van der Waals surface area contributed by atoms with Gasteiger partial charge in [-0.3, -0.25) is 0 Å². The molecule has 0 unspecified atom stereocenters. The van der Waals surface area contributed by atoms with Crippen LogP contribution in [0.3, 0.4) is 0 Å². The average molecular weight is 174 g/mol. The highest BCUT2D eigenvalue weighted by atomic mass is 16.4. The zero-order valence-electron chi connectivity index (χ0n) is 6.21. The first-order chi connectivity index (χ1) is 5.52. The molecule has 5 heteroatoms. The zero-order valence-corrected chi connectivity index (χ0v) is 6.21. The van der Waals surface area contributed by atoms with Crippen molar-refractivity contribution in [3.05, 3.63) is 11.6 Å². The van der Waals surface area contributed by atoms with Crippen LogP contribution in [0.25, 0.3) is 0 Å². The minimum Gasteiger partial charge on any atom is -0.478 e. The van der Waals surface area contributed by atoms with Crippen molar-refractivity contribution in [2.75, 3.05) is 0 Å². The lowest BCUT2D eigenvalue weighted by Crippen LogP contribution is -2.40. The van der Waals surface area contributed by atoms with Gasteiger partial charge in [0.1, 0.15) is 12.2 Å². The number of carbonyl (C=O) groups is 1. The van der Waals surface area contributed by atoms with Gasteiger partial charge in [-0.25, -0.2) is 4.79 Å². The van der Waals surface area contributed by atoms with Crippen molar-refractivity contribution in [2.24, 2.45) is 0 Å². The van der Waals surface area contributed by atoms with Crippen LogP contribution in [-0.2, 0) is 4.79 Å². The highest BCUT2D eigenvalue weighted by molar-refractivity contribution is 5.87. The van der Waals surface area contributed by atoms with Crippen LogP contribution in [0.1, 0.15) is 6.42 Å². The summed E-state index contributed by atoms with van der Waals surface area (Å²) in [5.74, 6) is -1.18. The van der Waals surface area contributed by atoms with Gasteiger partial charge in [0.2, 0.25) is 0 Å². The van der Waals surface area contributed by atoms with E-state index in [4.69, 9.17) is 20.4 Å². The standard InChI is InChI=1S/C7H10O5/c8-4-1-3(7(11)12)2-5(9)6(4)10/h1,4-6,8-10H,2H2,(H,11,12)/t4-,5+,6+/m0/s1. The fourth-order valence-corrected chi connectivity index (χ4v) is 1.11. The molecule has 0 aromatic rings. The molecule has 0 bridgehead atoms. The quantitative estimate of drug-likeness (QED) is 0.387. The maximum atomic E-state index is 10.4. The Balaban J connectivity index is 2.81. The Labute approximate surface area is 68.6 Å². The summed E-state index contributed by atoms with van der Waals surface area (Å²) in [5, 5.41) is 35.6. The minimum atomic E-state index is -1.29. The summed E-state index contributed by atoms with van der Waals surface area (Å²) in [6.45, 7) is 0. The van der Waals surface area contributed by atoms with E-state index >= 15 is 0 Å². The van der Waals surface area contributed by atoms with Crippen LogP contribution in [0, 0.1) is 0 Å². The molecule has 12 heavy (non-hydrogen) atoms. The van der Waals surface area contributed by atoms with E-state index in [0.29, 0.717) is 0 Å². The Morgan fingerprint density at radius 3 is 2.42 bits per heavy atom. The van der Waals surface area contributed by atoms with Gasteiger partial charge in [-0.1, -0.05) is 0 Å². The molecule has 0 aromatic carbocycles. The largest absolute Gasteiger partial charge is 0.478 e. The first-order valence-corrected chi connectivity index (χ1v) is 3.50. The van der Waals surface area contributed by atoms with E-state index in [2.05, 4.69) is 0 Å². The molecule has 5 nitrogen and oxygen atoms in total. The lowest BCUT2D eigenvalue weighted by atomic mass is 9.92. The van der Waals surface area contributed by atoms with Crippen molar-refractivity contribution < 1.29 is 25.2 Å². The fraction of sp³-hybridized carbons (Fsp3) is 0.571. The van der Waals surface area contributed by atoms with E-state index < -0.39 is 24.3 Å². The molecule has 1 aliphatic rings. The van der Waals surface area contributed by atoms with Crippen molar-refractivity contribution >= 4 is 5.97 Å². The van der Waals surface area contributed by atoms with Gasteiger partial charge < -0.3 is 20.4 Å². The van der Waals surface area contributed by atoms with Crippen molar-refractivity contribution in [1.82, 2.24) is 0 Å². The molecule has 0 amide bonds. The summed E-state index contributed by atoms with van der Waals surface area (Å²) in [6.07, 6.45) is -2.86. The number of hydrogen-bond donors (Lipinski definition) is 4. The lowest BCUT2D eigenvalue weighted by Gasteiger charge is -2.25. The molecule has 3 atom stereocenters. The molecule has 0 aliphatic heterocycles. The number of hydrogen-bond acceptors (Lipinski definition) is 4. The molecule has 4 N–H and O–H groups in total. The first kappa shape index (κ1) is 9.18. The Kier molecular flexibility index (Phi) is 2.46. The normalized spacial score (nSPS) is 35.9. The van der Waals surface area contributed by atoms with Gasteiger partial charge in [-0.05, 0) is 6.08 Å². The van der Waals surface area contributed by atoms with E-state index in [9.17, 15) is 4.79 Å². The highest BCUT2D eigenvalue weighted by Crippen LogP contribution is 2.19. The SMILES string of the molecule is O=C(O)C1=C[C@H](O)[C@@H](O)[C@H](O)C1. The predicted molar refractivity (Wildman–Crippen MR) is 38.4 cm³/mol. The van der Waals surface area contributed by atoms with Crippen molar-refractivity contribution in [3.8, 4) is 0 Å². The molecule has 0 saturated heterocycles. The second-order valence-corrected chi connectivity index (χ2v) is 2.75. The van der Waals surface area contributed by atoms with Crippen molar-refractivity contribution in [1.29, 1.82) is 0 Å². The third kappa shape index (κ3) is 1.63. The van der Waals surface area contributed by atoms with Crippen LogP contribution in [0.2, 0.25) is 0 Å². The zero-order chi connectivity index (χ0) is 9.30. The van der Waals surface area contributed by atoms with Crippen LogP contribution >= 0.6 is 0 Å². The van der Waals surface area contributed by atoms with E-state index in [1.165, 1.54) is 0 Å². The number of aliphatic hydroxyl groups excluding tert-OH is 3. The summed E-state index contributed by atoms with van der Waals surface area (Å²) in [5.41, 5.74) is -0.0692. The molecular weight excluding hydrogens is 164 g/mol. The molecule has 68 valence electrons. The maximum absolute atomic E-state index is 10.4. The summed E-state index contributed by atoms with van der Waals surface area (Å²) < 4.78 is 0. The van der Waals surface area contributed by atoms with Gasteiger partial charge in [-0.15, -0.1) is 0 Å². The number of rotatable bonds is 1. The molecular formula is C7H10O5. The smallest absolute Gasteiger partial charge is 0.331 e. The minimum absolute atomic E-state index is 0.0692. The van der Waals surface area contributed by atoms with E-state index in [0.717, 1.165) is 6.08 Å². The number of aliphatic carboxylic acids is 1. The Hall–Kier alpha value is -0.910. The van der Waals surface area contributed by atoms with Crippen LogP contribution in [0.5, 0.6) is 0 Å². The lowest BCUT2D eigenvalue weighted by molar-refractivity contribution is -0.134. The second-order valence-electron chi connectivity index (χ2n) is 2.75. The third-order valence-corrected chi connectivity index (χ3v) is 1.82. The van der Waals surface area contributed by atoms with Gasteiger partial charge in [-0.2, -0.15) is 0 Å². The van der Waals surface area contributed by atoms with Crippen LogP contribution in [0.4, 0.5) is 0 Å². The topological polar surface area (TPSA) is 98.0 Å². The maximum Gasteiger partial charge on any atom is 0.331 e. The number of carboxylic acid groups (broad SMARTS) is 1. The molecule has 0 fully saturated rings. The second kappa shape index (κ2) is 3.22. The Bertz CT molecular complexity index is 222. The average Bonchev–Trinajstić information content (AvgIpc) is 1.99. The molecule has 0 heterocycles. The van der Waals surface area contributed by atoms with Gasteiger partial charge in [0.25, 0.3) is 0 Å². The van der Waals surface area contributed by atoms with Crippen LogP contribution < -0.4 is 0 Å². The van der Waals surface area contributed by atoms with Gasteiger partial charge in [0, 0.05) is 12.0 Å². The summed E-state index contributed by atoms with van der Waals surface area (Å²) in [7, 11) is 0. The predicted octanol–water partition coefficient (Wildman–Crippen LogP) is -1.52. The van der Waals surface area contributed by atoms with E-state index in [-0.39, 0.29) is 12.0 Å². The summed E-state index contributed by atoms with van der Waals surface area (Å²) >= 11 is 0. The van der Waals surface area contributed by atoms with Gasteiger partial charge in [0.05, 0.1) is 6.10 Å². The molecule has 0 radical (unpaired) electrons. The molecule has 1 rings (SSSR count). The van der Waals surface area contributed by atoms with Gasteiger partial charge in [0.15, 0.2) is 0 Å². The third-order valence-electron chi connectivity index (χ3n) is 1.82. The van der Waals surface area contributed by atoms with E-state index in [1.807, 2.05) is 0 Å². The van der Waals surface area contributed by atoms with Crippen LogP contribution in [-0.4, -0.2) is 44.7 Å². The molecule has 0 aromatic heterocycles. The summed E-state index contributed by atoms with van der Waals surface area (Å²) in [4.78, 5) is 10.4. The number of aliphatic hydroxyl groups is 3. The van der Waals surface area contributed by atoms with Crippen molar-refractivity contribution in [3.63, 3.8) is 0 Å². The Morgan fingerprint density at radius 2 is 2.00 bits per heavy atom. The monoisotopic (exact) mass is 174 g/mol. The summed E-state index contributed by atoms with van der Waals surface area (Å²) in [6, 6.07) is 0. The van der Waals surface area contributed by atoms with Crippen molar-refractivity contribution in [2.45, 2.75) is 24.7 Å². The molecule has 0 spiro atoms. The van der Waals surface area contributed by atoms with E-state index in [1.54, 1.807) is 0 Å². The highest BCUT2D eigenvalue weighted by Gasteiger charge is 2.31. The molecule has 1 aliphatic carbocycles. The Morgan fingerprint density at radius 1 is 1.42 bits per heavy atom.